The lowest BCUT2D eigenvalue weighted by atomic mass is 10.0. The minimum absolute atomic E-state index is 0.0628. The lowest BCUT2D eigenvalue weighted by Gasteiger charge is -2.23. The molecule has 1 aliphatic heterocycles. The van der Waals surface area contributed by atoms with E-state index in [4.69, 9.17) is 0 Å². The van der Waals surface area contributed by atoms with Gasteiger partial charge in [-0.15, -0.1) is 0 Å². The number of benzene rings is 2. The van der Waals surface area contributed by atoms with Gasteiger partial charge in [0.05, 0.1) is 0 Å². The van der Waals surface area contributed by atoms with Crippen LogP contribution >= 0.6 is 0 Å². The summed E-state index contributed by atoms with van der Waals surface area (Å²) in [5, 5.41) is 2.80. The monoisotopic (exact) mass is 377 g/mol. The van der Waals surface area contributed by atoms with Crippen LogP contribution in [0.4, 0.5) is 10.5 Å². The van der Waals surface area contributed by atoms with Crippen molar-refractivity contribution in [1.82, 2.24) is 10.2 Å². The standard InChI is InChI=1S/C23H27N3O2/c1-16(2)18-5-3-17(4-6-18)15-26(21-11-12-21)22(27)19-7-9-20(10-8-19)25-14-13-24-23(25)28/h3-10,16,21H,11-15H2,1-2H3,(H,24,28). The van der Waals surface area contributed by atoms with Crippen molar-refractivity contribution >= 4 is 17.6 Å². The highest BCUT2D eigenvalue weighted by molar-refractivity contribution is 5.97. The van der Waals surface area contributed by atoms with Crippen LogP contribution in [0.3, 0.4) is 0 Å². The molecule has 4 rings (SSSR count). The van der Waals surface area contributed by atoms with E-state index < -0.39 is 0 Å². The Kier molecular flexibility index (Phi) is 5.07. The summed E-state index contributed by atoms with van der Waals surface area (Å²) in [5.74, 6) is 0.569. The van der Waals surface area contributed by atoms with Gasteiger partial charge in [-0.2, -0.15) is 0 Å². The molecular formula is C23H27N3O2. The van der Waals surface area contributed by atoms with E-state index in [1.807, 2.05) is 29.2 Å². The van der Waals surface area contributed by atoms with Gasteiger partial charge < -0.3 is 10.2 Å². The number of carbonyl (C=O) groups excluding carboxylic acids is 2. The maximum atomic E-state index is 13.1. The van der Waals surface area contributed by atoms with E-state index in [0.717, 1.165) is 24.1 Å². The van der Waals surface area contributed by atoms with Crippen molar-refractivity contribution in [2.45, 2.75) is 45.2 Å². The van der Waals surface area contributed by atoms with E-state index in [1.54, 1.807) is 4.90 Å². The van der Waals surface area contributed by atoms with Crippen molar-refractivity contribution < 1.29 is 9.59 Å². The van der Waals surface area contributed by atoms with E-state index in [2.05, 4.69) is 43.4 Å². The van der Waals surface area contributed by atoms with Crippen LogP contribution in [0, 0.1) is 0 Å². The summed E-state index contributed by atoms with van der Waals surface area (Å²) in [4.78, 5) is 28.6. The molecule has 0 aromatic heterocycles. The summed E-state index contributed by atoms with van der Waals surface area (Å²) in [5.41, 5.74) is 3.98. The first-order valence-electron chi connectivity index (χ1n) is 10.1. The minimum atomic E-state index is -0.0801. The second kappa shape index (κ2) is 7.66. The van der Waals surface area contributed by atoms with Gasteiger partial charge in [0, 0.05) is 36.9 Å². The second-order valence-corrected chi connectivity index (χ2v) is 7.99. The summed E-state index contributed by atoms with van der Waals surface area (Å²) in [6.45, 7) is 6.32. The lowest BCUT2D eigenvalue weighted by molar-refractivity contribution is 0.0730. The summed E-state index contributed by atoms with van der Waals surface area (Å²) in [6.07, 6.45) is 2.14. The normalized spacial score (nSPS) is 16.4. The minimum Gasteiger partial charge on any atom is -0.336 e. The largest absolute Gasteiger partial charge is 0.336 e. The smallest absolute Gasteiger partial charge is 0.321 e. The summed E-state index contributed by atoms with van der Waals surface area (Å²) in [6, 6.07) is 16.2. The zero-order chi connectivity index (χ0) is 19.7. The van der Waals surface area contributed by atoms with E-state index >= 15 is 0 Å². The third-order valence-electron chi connectivity index (χ3n) is 5.53. The Labute approximate surface area is 166 Å². The molecule has 3 amide bonds. The van der Waals surface area contributed by atoms with Gasteiger partial charge in [0.15, 0.2) is 0 Å². The molecule has 0 spiro atoms. The number of rotatable bonds is 6. The molecule has 0 atom stereocenters. The second-order valence-electron chi connectivity index (χ2n) is 7.99. The van der Waals surface area contributed by atoms with Crippen LogP contribution in [0.1, 0.15) is 54.1 Å². The fourth-order valence-electron chi connectivity index (χ4n) is 3.63. The number of urea groups is 1. The van der Waals surface area contributed by atoms with Gasteiger partial charge >= 0.3 is 6.03 Å². The number of carbonyl (C=O) groups is 2. The Morgan fingerprint density at radius 3 is 2.32 bits per heavy atom. The van der Waals surface area contributed by atoms with E-state index in [1.165, 1.54) is 5.56 Å². The topological polar surface area (TPSA) is 52.7 Å². The zero-order valence-electron chi connectivity index (χ0n) is 16.5. The number of hydrogen-bond acceptors (Lipinski definition) is 2. The molecule has 0 radical (unpaired) electrons. The first-order chi connectivity index (χ1) is 13.5. The highest BCUT2D eigenvalue weighted by Crippen LogP contribution is 2.30. The van der Waals surface area contributed by atoms with E-state index in [0.29, 0.717) is 37.2 Å². The van der Waals surface area contributed by atoms with Crippen molar-refractivity contribution in [2.24, 2.45) is 0 Å². The van der Waals surface area contributed by atoms with E-state index in [-0.39, 0.29) is 11.9 Å². The molecular weight excluding hydrogens is 350 g/mol. The molecule has 2 fully saturated rings. The molecule has 1 N–H and O–H groups in total. The maximum absolute atomic E-state index is 13.1. The van der Waals surface area contributed by atoms with Gasteiger partial charge in [-0.3, -0.25) is 9.69 Å². The van der Waals surface area contributed by atoms with Gasteiger partial charge in [0.1, 0.15) is 0 Å². The first-order valence-corrected chi connectivity index (χ1v) is 10.1. The molecule has 1 heterocycles. The van der Waals surface area contributed by atoms with Crippen molar-refractivity contribution in [3.05, 3.63) is 65.2 Å². The Morgan fingerprint density at radius 2 is 1.79 bits per heavy atom. The van der Waals surface area contributed by atoms with Gasteiger partial charge in [0.2, 0.25) is 0 Å². The van der Waals surface area contributed by atoms with Gasteiger partial charge in [-0.25, -0.2) is 4.79 Å². The van der Waals surface area contributed by atoms with Crippen molar-refractivity contribution in [2.75, 3.05) is 18.0 Å². The fourth-order valence-corrected chi connectivity index (χ4v) is 3.63. The number of anilines is 1. The molecule has 1 saturated carbocycles. The summed E-state index contributed by atoms with van der Waals surface area (Å²) in [7, 11) is 0. The lowest BCUT2D eigenvalue weighted by Crippen LogP contribution is -2.32. The Bertz CT molecular complexity index is 854. The van der Waals surface area contributed by atoms with Crippen LogP contribution in [0.25, 0.3) is 0 Å². The SMILES string of the molecule is CC(C)c1ccc(CN(C(=O)c2ccc(N3CCNC3=O)cc2)C2CC2)cc1. The molecule has 0 unspecified atom stereocenters. The van der Waals surface area contributed by atoms with Gasteiger partial charge in [-0.05, 0) is 54.2 Å². The fraction of sp³-hybridized carbons (Fsp3) is 0.391. The number of nitrogens with zero attached hydrogens (tertiary/aromatic N) is 2. The third-order valence-corrected chi connectivity index (χ3v) is 5.53. The van der Waals surface area contributed by atoms with E-state index in [9.17, 15) is 9.59 Å². The molecule has 5 heteroatoms. The summed E-state index contributed by atoms with van der Waals surface area (Å²) < 4.78 is 0. The predicted octanol–water partition coefficient (Wildman–Crippen LogP) is 4.14. The molecule has 146 valence electrons. The van der Waals surface area contributed by atoms with Gasteiger partial charge in [-0.1, -0.05) is 38.1 Å². The number of nitrogens with one attached hydrogen (secondary N) is 1. The van der Waals surface area contributed by atoms with Crippen LogP contribution in [-0.4, -0.2) is 36.0 Å². The molecule has 1 aliphatic carbocycles. The van der Waals surface area contributed by atoms with Crippen molar-refractivity contribution in [3.63, 3.8) is 0 Å². The molecule has 1 saturated heterocycles. The van der Waals surface area contributed by atoms with Crippen LogP contribution in [-0.2, 0) is 6.54 Å². The quantitative estimate of drug-likeness (QED) is 0.822. The Morgan fingerprint density at radius 1 is 1.11 bits per heavy atom. The summed E-state index contributed by atoms with van der Waals surface area (Å²) >= 11 is 0. The molecule has 2 aromatic rings. The first kappa shape index (κ1) is 18.5. The van der Waals surface area contributed by atoms with Crippen molar-refractivity contribution in [1.29, 1.82) is 0 Å². The molecule has 2 aliphatic rings. The number of hydrogen-bond donors (Lipinski definition) is 1. The zero-order valence-corrected chi connectivity index (χ0v) is 16.5. The number of amides is 3. The molecule has 28 heavy (non-hydrogen) atoms. The molecule has 2 aromatic carbocycles. The maximum Gasteiger partial charge on any atom is 0.321 e. The van der Waals surface area contributed by atoms with Crippen molar-refractivity contribution in [3.8, 4) is 0 Å². The van der Waals surface area contributed by atoms with Crippen LogP contribution in [0.5, 0.6) is 0 Å². The van der Waals surface area contributed by atoms with Crippen LogP contribution in [0.2, 0.25) is 0 Å². The average molecular weight is 377 g/mol. The predicted molar refractivity (Wildman–Crippen MR) is 111 cm³/mol. The molecule has 0 bridgehead atoms. The Balaban J connectivity index is 1.48. The molecule has 5 nitrogen and oxygen atoms in total. The van der Waals surface area contributed by atoms with Gasteiger partial charge in [0.25, 0.3) is 5.91 Å². The average Bonchev–Trinajstić information content (AvgIpc) is 3.46. The third kappa shape index (κ3) is 3.88. The Hall–Kier alpha value is -2.82. The van der Waals surface area contributed by atoms with Crippen LogP contribution < -0.4 is 10.2 Å². The van der Waals surface area contributed by atoms with Crippen LogP contribution in [0.15, 0.2) is 48.5 Å². The highest BCUT2D eigenvalue weighted by atomic mass is 16.2. The highest BCUT2D eigenvalue weighted by Gasteiger charge is 2.33.